The first-order valence-corrected chi connectivity index (χ1v) is 17.4. The number of aryl methyl sites for hydroxylation is 1. The van der Waals surface area contributed by atoms with Crippen molar-refractivity contribution >= 4 is 17.4 Å². The van der Waals surface area contributed by atoms with E-state index in [4.69, 9.17) is 19.2 Å². The monoisotopic (exact) mass is 701 g/mol. The zero-order chi connectivity index (χ0) is 37.2. The van der Waals surface area contributed by atoms with Crippen LogP contribution in [0.2, 0.25) is 0 Å². The van der Waals surface area contributed by atoms with Crippen molar-refractivity contribution in [2.75, 3.05) is 24.6 Å². The van der Waals surface area contributed by atoms with E-state index in [1.165, 1.54) is 0 Å². The number of halogens is 2. The summed E-state index contributed by atoms with van der Waals surface area (Å²) in [6.45, 7) is 22.6. The highest BCUT2D eigenvalue weighted by molar-refractivity contribution is 5.81. The van der Waals surface area contributed by atoms with Gasteiger partial charge in [0.05, 0.1) is 29.6 Å². The molecule has 1 aliphatic heterocycles. The smallest absolute Gasteiger partial charge is 0.337 e. The van der Waals surface area contributed by atoms with Crippen LogP contribution in [0.3, 0.4) is 0 Å². The van der Waals surface area contributed by atoms with Gasteiger partial charge in [0, 0.05) is 48.5 Å². The standard InChI is InChI=1S/C41H49F2N3O5/c1-10-13-25(3)50-34-23-32(43)31(42)22-30(34)28-14-12-15-29(21-28)33-24-46-37(44-33)27(5)26(4)35(36(39(47)48)51-40(6,7)8)38(46)45-18-16-41(9,17-19-45)49-20-11-2/h10-12,14-15,21-25,36H,1-2,13,16-20H2,3-9H3,(H,47,48)/t25-,36?/m0/s1. The Balaban J connectivity index is 1.67. The number of carboxylic acid groups (broad SMARTS) is 1. The Hall–Kier alpha value is -4.54. The maximum Gasteiger partial charge on any atom is 0.337 e. The van der Waals surface area contributed by atoms with Gasteiger partial charge in [-0.2, -0.15) is 0 Å². The van der Waals surface area contributed by atoms with Gasteiger partial charge >= 0.3 is 5.97 Å². The Bertz CT molecular complexity index is 1940. The topological polar surface area (TPSA) is 85.5 Å². The molecule has 0 radical (unpaired) electrons. The number of pyridine rings is 1. The third-order valence-electron chi connectivity index (χ3n) is 9.42. The number of carbonyl (C=O) groups is 1. The fourth-order valence-electron chi connectivity index (χ4n) is 6.63. The number of piperidine rings is 1. The Labute approximate surface area is 299 Å². The molecule has 0 aliphatic carbocycles. The number of imidazole rings is 1. The van der Waals surface area contributed by atoms with Crippen LogP contribution in [0.4, 0.5) is 14.6 Å². The van der Waals surface area contributed by atoms with Gasteiger partial charge in [-0.1, -0.05) is 30.4 Å². The number of nitrogens with zero attached hydrogens (tertiary/aromatic N) is 3. The summed E-state index contributed by atoms with van der Waals surface area (Å²) in [5, 5.41) is 10.6. The van der Waals surface area contributed by atoms with Crippen LogP contribution < -0.4 is 9.64 Å². The van der Waals surface area contributed by atoms with E-state index in [-0.39, 0.29) is 17.5 Å². The van der Waals surface area contributed by atoms with Crippen molar-refractivity contribution in [1.29, 1.82) is 0 Å². The lowest BCUT2D eigenvalue weighted by Crippen LogP contribution is -2.45. The summed E-state index contributed by atoms with van der Waals surface area (Å²) < 4.78 is 49.4. The lowest BCUT2D eigenvalue weighted by Gasteiger charge is -2.41. The third-order valence-corrected chi connectivity index (χ3v) is 9.42. The molecule has 3 heterocycles. The molecule has 1 saturated heterocycles. The van der Waals surface area contributed by atoms with Gasteiger partial charge in [-0.05, 0) is 90.1 Å². The maximum atomic E-state index is 14.6. The molecule has 1 fully saturated rings. The molecule has 10 heteroatoms. The molecule has 0 spiro atoms. The number of benzene rings is 2. The Morgan fingerprint density at radius 3 is 2.35 bits per heavy atom. The number of rotatable bonds is 13. The quantitative estimate of drug-likeness (QED) is 0.139. The van der Waals surface area contributed by atoms with Crippen LogP contribution in [0.15, 0.2) is 67.9 Å². The zero-order valence-corrected chi connectivity index (χ0v) is 30.7. The van der Waals surface area contributed by atoms with Gasteiger partial charge in [0.15, 0.2) is 17.7 Å². The second-order valence-corrected chi connectivity index (χ2v) is 14.6. The molecule has 1 aliphatic rings. The van der Waals surface area contributed by atoms with Crippen LogP contribution in [0.25, 0.3) is 28.0 Å². The molecule has 1 unspecified atom stereocenters. The number of fused-ring (bicyclic) bond motifs is 1. The molecule has 5 rings (SSSR count). The van der Waals surface area contributed by atoms with Gasteiger partial charge in [-0.15, -0.1) is 13.2 Å². The van der Waals surface area contributed by atoms with Gasteiger partial charge in [0.2, 0.25) is 0 Å². The predicted octanol–water partition coefficient (Wildman–Crippen LogP) is 9.41. The van der Waals surface area contributed by atoms with Gasteiger partial charge < -0.3 is 24.2 Å². The van der Waals surface area contributed by atoms with E-state index in [1.807, 2.05) is 76.4 Å². The molecule has 0 saturated carbocycles. The van der Waals surface area contributed by atoms with Gasteiger partial charge in [0.25, 0.3) is 0 Å². The van der Waals surface area contributed by atoms with E-state index in [9.17, 15) is 18.7 Å². The summed E-state index contributed by atoms with van der Waals surface area (Å²) in [5.41, 5.74) is 4.18. The second kappa shape index (κ2) is 15.0. The summed E-state index contributed by atoms with van der Waals surface area (Å²) in [4.78, 5) is 20.2. The summed E-state index contributed by atoms with van der Waals surface area (Å²) in [6.07, 6.45) is 5.81. The average molecular weight is 702 g/mol. The van der Waals surface area contributed by atoms with Gasteiger partial charge in [-0.3, -0.25) is 4.40 Å². The van der Waals surface area contributed by atoms with E-state index < -0.39 is 29.3 Å². The fraction of sp³-hybridized carbons (Fsp3) is 0.415. The molecular weight excluding hydrogens is 652 g/mol. The number of aliphatic carboxylic acids is 1. The molecule has 0 amide bonds. The van der Waals surface area contributed by atoms with Crippen LogP contribution >= 0.6 is 0 Å². The van der Waals surface area contributed by atoms with Crippen LogP contribution in [0, 0.1) is 25.5 Å². The minimum atomic E-state index is -1.24. The molecule has 0 bridgehead atoms. The molecular formula is C41H49F2N3O5. The lowest BCUT2D eigenvalue weighted by molar-refractivity contribution is -0.160. The van der Waals surface area contributed by atoms with E-state index in [0.29, 0.717) is 60.0 Å². The van der Waals surface area contributed by atoms with Gasteiger partial charge in [0.1, 0.15) is 17.2 Å². The van der Waals surface area contributed by atoms with E-state index >= 15 is 0 Å². The second-order valence-electron chi connectivity index (χ2n) is 14.6. The maximum absolute atomic E-state index is 14.6. The van der Waals surface area contributed by atoms with Crippen LogP contribution in [-0.2, 0) is 14.3 Å². The highest BCUT2D eigenvalue weighted by Crippen LogP contribution is 2.41. The van der Waals surface area contributed by atoms with Crippen molar-refractivity contribution in [3.05, 3.63) is 96.2 Å². The van der Waals surface area contributed by atoms with Crippen LogP contribution in [0.5, 0.6) is 5.75 Å². The molecule has 2 aromatic carbocycles. The normalized spacial score (nSPS) is 15.8. The van der Waals surface area contributed by atoms with Gasteiger partial charge in [-0.25, -0.2) is 18.6 Å². The molecule has 2 aromatic heterocycles. The Morgan fingerprint density at radius 2 is 1.73 bits per heavy atom. The summed E-state index contributed by atoms with van der Waals surface area (Å²) >= 11 is 0. The van der Waals surface area contributed by atoms with Crippen LogP contribution in [0.1, 0.15) is 76.7 Å². The Kier molecular flexibility index (Phi) is 11.1. The number of aromatic nitrogens is 2. The first-order valence-electron chi connectivity index (χ1n) is 17.4. The molecule has 272 valence electrons. The summed E-state index contributed by atoms with van der Waals surface area (Å²) in [6, 6.07) is 9.65. The number of carboxylic acids is 1. The van der Waals surface area contributed by atoms with Crippen molar-refractivity contribution in [3.8, 4) is 28.1 Å². The van der Waals surface area contributed by atoms with Crippen molar-refractivity contribution in [1.82, 2.24) is 9.38 Å². The minimum absolute atomic E-state index is 0.224. The number of ether oxygens (including phenoxy) is 3. The number of hydrogen-bond acceptors (Lipinski definition) is 6. The van der Waals surface area contributed by atoms with Crippen molar-refractivity contribution in [2.24, 2.45) is 0 Å². The highest BCUT2D eigenvalue weighted by Gasteiger charge is 2.37. The summed E-state index contributed by atoms with van der Waals surface area (Å²) in [5.74, 6) is -2.12. The predicted molar refractivity (Wildman–Crippen MR) is 198 cm³/mol. The summed E-state index contributed by atoms with van der Waals surface area (Å²) in [7, 11) is 0. The van der Waals surface area contributed by atoms with E-state index in [2.05, 4.69) is 25.0 Å². The molecule has 1 N–H and O–H groups in total. The number of anilines is 1. The fourth-order valence-corrected chi connectivity index (χ4v) is 6.63. The molecule has 51 heavy (non-hydrogen) atoms. The highest BCUT2D eigenvalue weighted by atomic mass is 19.2. The third kappa shape index (κ3) is 8.18. The SMILES string of the molecule is C=CCOC1(C)CCN(c2c(C(OC(C)(C)C)C(=O)O)c(C)c(C)c3nc(-c4cccc(-c5cc(F)c(F)cc5O[C@@H](C)CC=C)c4)cn23)CC1. The van der Waals surface area contributed by atoms with Crippen molar-refractivity contribution < 1.29 is 32.9 Å². The largest absolute Gasteiger partial charge is 0.490 e. The Morgan fingerprint density at radius 1 is 1.06 bits per heavy atom. The zero-order valence-electron chi connectivity index (χ0n) is 30.7. The van der Waals surface area contributed by atoms with Crippen molar-refractivity contribution in [2.45, 2.75) is 91.1 Å². The molecule has 8 nitrogen and oxygen atoms in total. The van der Waals surface area contributed by atoms with E-state index in [0.717, 1.165) is 41.7 Å². The molecule has 4 aromatic rings. The minimum Gasteiger partial charge on any atom is -0.490 e. The number of hydrogen-bond donors (Lipinski definition) is 1. The van der Waals surface area contributed by atoms with Crippen LogP contribution in [-0.4, -0.2) is 57.5 Å². The average Bonchev–Trinajstić information content (AvgIpc) is 3.52. The van der Waals surface area contributed by atoms with Crippen molar-refractivity contribution in [3.63, 3.8) is 0 Å². The first kappa shape index (κ1) is 37.7. The first-order chi connectivity index (χ1) is 24.1. The molecule has 2 atom stereocenters. The lowest BCUT2D eigenvalue weighted by atomic mass is 9.92. The van der Waals surface area contributed by atoms with E-state index in [1.54, 1.807) is 12.2 Å².